The van der Waals surface area contributed by atoms with E-state index in [1.165, 1.54) is 10.8 Å². The van der Waals surface area contributed by atoms with Crippen LogP contribution in [0.1, 0.15) is 0 Å². The number of hydrogen-bond donors (Lipinski definition) is 2. The van der Waals surface area contributed by atoms with Crippen molar-refractivity contribution in [3.8, 4) is 16.9 Å². The molecule has 0 atom stereocenters. The van der Waals surface area contributed by atoms with Gasteiger partial charge in [0.25, 0.3) is 0 Å². The number of rotatable bonds is 2. The molecule has 25 heavy (non-hydrogen) atoms. The summed E-state index contributed by atoms with van der Waals surface area (Å²) in [6.07, 6.45) is 1.93. The lowest BCUT2D eigenvalue weighted by molar-refractivity contribution is 0.804. The standard InChI is InChI=1S/C20H15N5/c21-14-6-8-15(9-7-14)25-12-20(23-24-25)13-5-10-19-17(11-13)16-3-1-2-4-18(16)22-19/h1-12,22H,21H2. The topological polar surface area (TPSA) is 72.5 Å². The molecule has 0 amide bonds. The van der Waals surface area contributed by atoms with E-state index in [0.717, 1.165) is 33.7 Å². The Kier molecular flexibility index (Phi) is 2.87. The second-order valence-corrected chi connectivity index (χ2v) is 6.07. The van der Waals surface area contributed by atoms with Gasteiger partial charge in [-0.05, 0) is 42.5 Å². The van der Waals surface area contributed by atoms with Crippen LogP contribution in [-0.2, 0) is 0 Å². The lowest BCUT2D eigenvalue weighted by atomic mass is 10.1. The number of aromatic nitrogens is 4. The molecule has 120 valence electrons. The molecule has 0 radical (unpaired) electrons. The Morgan fingerprint density at radius 3 is 2.52 bits per heavy atom. The van der Waals surface area contributed by atoms with Crippen molar-refractivity contribution in [2.24, 2.45) is 0 Å². The van der Waals surface area contributed by atoms with Crippen LogP contribution < -0.4 is 5.73 Å². The average Bonchev–Trinajstić information content (AvgIpc) is 3.26. The fourth-order valence-corrected chi connectivity index (χ4v) is 3.16. The van der Waals surface area contributed by atoms with E-state index < -0.39 is 0 Å². The lowest BCUT2D eigenvalue weighted by Crippen LogP contribution is -1.95. The van der Waals surface area contributed by atoms with E-state index >= 15 is 0 Å². The van der Waals surface area contributed by atoms with E-state index in [4.69, 9.17) is 5.73 Å². The smallest absolute Gasteiger partial charge is 0.113 e. The van der Waals surface area contributed by atoms with Crippen molar-refractivity contribution in [3.05, 3.63) is 72.9 Å². The molecule has 5 rings (SSSR count). The van der Waals surface area contributed by atoms with Gasteiger partial charge in [-0.3, -0.25) is 0 Å². The number of nitrogens with two attached hydrogens (primary N) is 1. The maximum absolute atomic E-state index is 5.74. The largest absolute Gasteiger partial charge is 0.399 e. The minimum absolute atomic E-state index is 0.730. The summed E-state index contributed by atoms with van der Waals surface area (Å²) < 4.78 is 1.76. The molecule has 0 bridgehead atoms. The van der Waals surface area contributed by atoms with Crippen molar-refractivity contribution in [3.63, 3.8) is 0 Å². The first-order valence-electron chi connectivity index (χ1n) is 8.07. The molecule has 0 saturated carbocycles. The first-order valence-corrected chi connectivity index (χ1v) is 8.07. The quantitative estimate of drug-likeness (QED) is 0.479. The Bertz CT molecular complexity index is 1200. The van der Waals surface area contributed by atoms with Gasteiger partial charge in [-0.15, -0.1) is 5.10 Å². The second-order valence-electron chi connectivity index (χ2n) is 6.07. The van der Waals surface area contributed by atoms with Gasteiger partial charge in [0.1, 0.15) is 5.69 Å². The highest BCUT2D eigenvalue weighted by Crippen LogP contribution is 2.29. The van der Waals surface area contributed by atoms with Crippen LogP contribution in [0.5, 0.6) is 0 Å². The van der Waals surface area contributed by atoms with Crippen LogP contribution in [0.4, 0.5) is 5.69 Å². The summed E-state index contributed by atoms with van der Waals surface area (Å²) in [7, 11) is 0. The van der Waals surface area contributed by atoms with E-state index in [-0.39, 0.29) is 0 Å². The molecule has 0 aliphatic rings. The highest BCUT2D eigenvalue weighted by molar-refractivity contribution is 6.08. The Hall–Kier alpha value is -3.60. The van der Waals surface area contributed by atoms with E-state index in [2.05, 4.69) is 51.7 Å². The highest BCUT2D eigenvalue weighted by atomic mass is 15.4. The molecule has 0 spiro atoms. The maximum atomic E-state index is 5.74. The van der Waals surface area contributed by atoms with Crippen molar-refractivity contribution in [1.29, 1.82) is 0 Å². The van der Waals surface area contributed by atoms with Crippen molar-refractivity contribution in [1.82, 2.24) is 20.0 Å². The second kappa shape index (κ2) is 5.21. The van der Waals surface area contributed by atoms with Crippen LogP contribution in [0, 0.1) is 0 Å². The van der Waals surface area contributed by atoms with Gasteiger partial charge in [-0.1, -0.05) is 29.5 Å². The Balaban J connectivity index is 1.61. The molecule has 0 aliphatic heterocycles. The number of aromatic amines is 1. The van der Waals surface area contributed by atoms with Crippen LogP contribution in [0.2, 0.25) is 0 Å². The number of nitrogen functional groups attached to an aromatic ring is 1. The van der Waals surface area contributed by atoms with Crippen LogP contribution in [0.3, 0.4) is 0 Å². The molecule has 5 nitrogen and oxygen atoms in total. The van der Waals surface area contributed by atoms with Gasteiger partial charge in [0.05, 0.1) is 11.9 Å². The van der Waals surface area contributed by atoms with Crippen molar-refractivity contribution in [2.75, 3.05) is 5.73 Å². The van der Waals surface area contributed by atoms with Crippen LogP contribution in [-0.4, -0.2) is 20.0 Å². The van der Waals surface area contributed by atoms with Crippen LogP contribution in [0.15, 0.2) is 72.9 Å². The summed E-state index contributed by atoms with van der Waals surface area (Å²) >= 11 is 0. The summed E-state index contributed by atoms with van der Waals surface area (Å²) in [6, 6.07) is 22.2. The number of anilines is 1. The zero-order valence-corrected chi connectivity index (χ0v) is 13.3. The van der Waals surface area contributed by atoms with E-state index in [1.807, 2.05) is 36.5 Å². The fraction of sp³-hybridized carbons (Fsp3) is 0. The van der Waals surface area contributed by atoms with Crippen molar-refractivity contribution in [2.45, 2.75) is 0 Å². The molecule has 2 heterocycles. The van der Waals surface area contributed by atoms with Gasteiger partial charge >= 0.3 is 0 Å². The minimum atomic E-state index is 0.730. The molecule has 5 heteroatoms. The predicted octanol–water partition coefficient (Wildman–Crippen LogP) is 4.15. The maximum Gasteiger partial charge on any atom is 0.113 e. The Labute approximate surface area is 143 Å². The van der Waals surface area contributed by atoms with Gasteiger partial charge in [-0.2, -0.15) is 0 Å². The fourth-order valence-electron chi connectivity index (χ4n) is 3.16. The van der Waals surface area contributed by atoms with Crippen molar-refractivity contribution >= 4 is 27.5 Å². The molecule has 0 fully saturated rings. The molecule has 2 aromatic heterocycles. The van der Waals surface area contributed by atoms with E-state index in [9.17, 15) is 0 Å². The lowest BCUT2D eigenvalue weighted by Gasteiger charge is -2.00. The number of nitrogens with one attached hydrogen (secondary N) is 1. The third kappa shape index (κ3) is 2.25. The first kappa shape index (κ1) is 13.8. The molecule has 5 aromatic rings. The molecule has 0 aliphatic carbocycles. The third-order valence-electron chi connectivity index (χ3n) is 4.45. The summed E-state index contributed by atoms with van der Waals surface area (Å²) in [5, 5.41) is 11.0. The third-order valence-corrected chi connectivity index (χ3v) is 4.45. The number of fused-ring (bicyclic) bond motifs is 3. The van der Waals surface area contributed by atoms with E-state index in [1.54, 1.807) is 4.68 Å². The van der Waals surface area contributed by atoms with Gasteiger partial charge in [0, 0.05) is 33.1 Å². The zero-order valence-electron chi connectivity index (χ0n) is 13.3. The van der Waals surface area contributed by atoms with E-state index in [0.29, 0.717) is 0 Å². The Morgan fingerprint density at radius 1 is 0.840 bits per heavy atom. The monoisotopic (exact) mass is 325 g/mol. The SMILES string of the molecule is Nc1ccc(-n2cc(-c3ccc4[nH]c5ccccc5c4c3)nn2)cc1. The first-order chi connectivity index (χ1) is 12.3. The predicted molar refractivity (Wildman–Crippen MR) is 101 cm³/mol. The molecular weight excluding hydrogens is 310 g/mol. The number of benzene rings is 3. The van der Waals surface area contributed by atoms with Gasteiger partial charge in [0.15, 0.2) is 0 Å². The number of para-hydroxylation sites is 1. The van der Waals surface area contributed by atoms with Crippen LogP contribution in [0.25, 0.3) is 38.8 Å². The minimum Gasteiger partial charge on any atom is -0.399 e. The van der Waals surface area contributed by atoms with Crippen molar-refractivity contribution < 1.29 is 0 Å². The van der Waals surface area contributed by atoms with Crippen LogP contribution >= 0.6 is 0 Å². The normalized spacial score (nSPS) is 11.4. The highest BCUT2D eigenvalue weighted by Gasteiger charge is 2.09. The van der Waals surface area contributed by atoms with Gasteiger partial charge in [0.2, 0.25) is 0 Å². The molecular formula is C20H15N5. The molecule has 3 N–H and O–H groups in total. The summed E-state index contributed by atoms with van der Waals surface area (Å²) in [5.41, 5.74) is 11.5. The molecule has 0 saturated heterocycles. The molecule has 0 unspecified atom stereocenters. The number of nitrogens with zero attached hydrogens (tertiary/aromatic N) is 3. The summed E-state index contributed by atoms with van der Waals surface area (Å²) in [4.78, 5) is 3.44. The summed E-state index contributed by atoms with van der Waals surface area (Å²) in [5.74, 6) is 0. The average molecular weight is 325 g/mol. The van der Waals surface area contributed by atoms with Gasteiger partial charge in [-0.25, -0.2) is 4.68 Å². The zero-order chi connectivity index (χ0) is 16.8. The Morgan fingerprint density at radius 2 is 1.64 bits per heavy atom. The number of hydrogen-bond acceptors (Lipinski definition) is 3. The number of H-pyrrole nitrogens is 1. The molecule has 3 aromatic carbocycles. The summed E-state index contributed by atoms with van der Waals surface area (Å²) in [6.45, 7) is 0. The van der Waals surface area contributed by atoms with Gasteiger partial charge < -0.3 is 10.7 Å².